The summed E-state index contributed by atoms with van der Waals surface area (Å²) in [6, 6.07) is 11.2. The number of cyclic esters (lactones) is 1. The molecular formula is C20H17Cl2NO4. The summed E-state index contributed by atoms with van der Waals surface area (Å²) < 4.78 is 16.6. The van der Waals surface area contributed by atoms with Crippen molar-refractivity contribution < 1.29 is 19.0 Å². The zero-order chi connectivity index (χ0) is 19.2. The third kappa shape index (κ3) is 4.81. The lowest BCUT2D eigenvalue weighted by atomic mass is 10.1. The molecule has 0 spiro atoms. The lowest BCUT2D eigenvalue weighted by Crippen LogP contribution is -2.04. The molecule has 2 heterocycles. The number of pyridine rings is 1. The molecule has 0 atom stereocenters. The first-order valence-electron chi connectivity index (χ1n) is 8.37. The average molecular weight is 406 g/mol. The molecule has 0 N–H and O–H groups in total. The fourth-order valence-electron chi connectivity index (χ4n) is 2.44. The molecule has 0 fully saturated rings. The molecule has 0 saturated carbocycles. The first-order chi connectivity index (χ1) is 13.1. The number of carbonyl (C=O) groups excluding carboxylic acids is 1. The van der Waals surface area contributed by atoms with Crippen LogP contribution in [0.15, 0.2) is 58.4 Å². The first kappa shape index (κ1) is 19.3. The minimum atomic E-state index is -0.660. The van der Waals surface area contributed by atoms with Crippen LogP contribution in [0.3, 0.4) is 0 Å². The van der Waals surface area contributed by atoms with Gasteiger partial charge in [0.05, 0.1) is 13.2 Å². The highest BCUT2D eigenvalue weighted by atomic mass is 35.5. The van der Waals surface area contributed by atoms with E-state index in [0.29, 0.717) is 31.1 Å². The van der Waals surface area contributed by atoms with Crippen molar-refractivity contribution in [3.05, 3.63) is 69.7 Å². The Morgan fingerprint density at radius 3 is 2.63 bits per heavy atom. The molecule has 27 heavy (non-hydrogen) atoms. The van der Waals surface area contributed by atoms with Crippen LogP contribution in [0.25, 0.3) is 6.08 Å². The molecule has 0 saturated heterocycles. The number of benzene rings is 1. The third-order valence-corrected chi connectivity index (χ3v) is 4.51. The molecule has 1 aliphatic heterocycles. The van der Waals surface area contributed by atoms with Crippen LogP contribution in [-0.4, -0.2) is 24.2 Å². The van der Waals surface area contributed by atoms with Gasteiger partial charge in [-0.2, -0.15) is 0 Å². The van der Waals surface area contributed by atoms with Gasteiger partial charge < -0.3 is 14.2 Å². The van der Waals surface area contributed by atoms with Crippen molar-refractivity contribution in [2.24, 2.45) is 0 Å². The zero-order valence-corrected chi connectivity index (χ0v) is 16.1. The van der Waals surface area contributed by atoms with Crippen molar-refractivity contribution in [3.63, 3.8) is 0 Å². The van der Waals surface area contributed by atoms with E-state index in [1.54, 1.807) is 24.4 Å². The minimum absolute atomic E-state index is 0.0929. The van der Waals surface area contributed by atoms with Crippen molar-refractivity contribution in [2.75, 3.05) is 13.2 Å². The van der Waals surface area contributed by atoms with Gasteiger partial charge in [0.1, 0.15) is 10.1 Å². The van der Waals surface area contributed by atoms with E-state index in [-0.39, 0.29) is 15.8 Å². The lowest BCUT2D eigenvalue weighted by molar-refractivity contribution is -0.132. The number of aromatic nitrogens is 1. The summed E-state index contributed by atoms with van der Waals surface area (Å²) in [7, 11) is 0. The zero-order valence-electron chi connectivity index (χ0n) is 14.6. The normalized spacial score (nSPS) is 15.2. The van der Waals surface area contributed by atoms with Crippen LogP contribution >= 0.6 is 23.2 Å². The van der Waals surface area contributed by atoms with Gasteiger partial charge in [-0.3, -0.25) is 4.98 Å². The number of carbonyl (C=O) groups is 1. The molecule has 0 bridgehead atoms. The van der Waals surface area contributed by atoms with E-state index in [1.807, 2.05) is 31.2 Å². The van der Waals surface area contributed by atoms with Crippen LogP contribution in [0, 0.1) is 0 Å². The highest BCUT2D eigenvalue weighted by molar-refractivity contribution is 6.50. The fraction of sp³-hybridized carbons (Fsp3) is 0.200. The van der Waals surface area contributed by atoms with Gasteiger partial charge in [0.15, 0.2) is 17.3 Å². The minimum Gasteiger partial charge on any atom is -0.490 e. The highest BCUT2D eigenvalue weighted by Gasteiger charge is 2.27. The van der Waals surface area contributed by atoms with E-state index < -0.39 is 5.97 Å². The van der Waals surface area contributed by atoms with Crippen molar-refractivity contribution in [2.45, 2.75) is 13.3 Å². The van der Waals surface area contributed by atoms with Gasteiger partial charge in [-0.25, -0.2) is 4.79 Å². The maximum Gasteiger partial charge on any atom is 0.356 e. The Balaban J connectivity index is 1.74. The monoisotopic (exact) mass is 405 g/mol. The lowest BCUT2D eigenvalue weighted by Gasteiger charge is -2.12. The van der Waals surface area contributed by atoms with Crippen molar-refractivity contribution in [1.29, 1.82) is 0 Å². The van der Waals surface area contributed by atoms with Crippen molar-refractivity contribution in [3.8, 4) is 11.5 Å². The quantitative estimate of drug-likeness (QED) is 0.625. The summed E-state index contributed by atoms with van der Waals surface area (Å²) in [6.07, 6.45) is 4.06. The smallest absolute Gasteiger partial charge is 0.356 e. The molecule has 1 aliphatic rings. The Kier molecular flexibility index (Phi) is 6.37. The summed E-state index contributed by atoms with van der Waals surface area (Å²) >= 11 is 11.8. The second-order valence-corrected chi connectivity index (χ2v) is 6.34. The fourth-order valence-corrected chi connectivity index (χ4v) is 2.75. The van der Waals surface area contributed by atoms with Crippen LogP contribution in [-0.2, 0) is 16.0 Å². The Morgan fingerprint density at radius 2 is 1.96 bits per heavy atom. The summed E-state index contributed by atoms with van der Waals surface area (Å²) in [5, 5.41) is -0.0299. The van der Waals surface area contributed by atoms with Crippen LogP contribution < -0.4 is 9.47 Å². The Bertz CT molecular complexity index is 894. The average Bonchev–Trinajstić information content (AvgIpc) is 2.91. The Morgan fingerprint density at radius 1 is 1.11 bits per heavy atom. The molecule has 5 nitrogen and oxygen atoms in total. The van der Waals surface area contributed by atoms with Gasteiger partial charge in [0, 0.05) is 18.3 Å². The van der Waals surface area contributed by atoms with Gasteiger partial charge >= 0.3 is 5.97 Å². The van der Waals surface area contributed by atoms with Gasteiger partial charge in [0.2, 0.25) is 0 Å². The van der Waals surface area contributed by atoms with Crippen LogP contribution in [0.5, 0.6) is 11.5 Å². The van der Waals surface area contributed by atoms with E-state index in [1.165, 1.54) is 0 Å². The third-order valence-electron chi connectivity index (χ3n) is 3.70. The van der Waals surface area contributed by atoms with E-state index >= 15 is 0 Å². The molecule has 0 radical (unpaired) electrons. The summed E-state index contributed by atoms with van der Waals surface area (Å²) in [6.45, 7) is 2.85. The van der Waals surface area contributed by atoms with Gasteiger partial charge in [0.25, 0.3) is 0 Å². The molecule has 2 aromatic rings. The van der Waals surface area contributed by atoms with E-state index in [0.717, 1.165) is 11.3 Å². The maximum absolute atomic E-state index is 11.5. The summed E-state index contributed by atoms with van der Waals surface area (Å²) in [5.74, 6) is 0.756. The van der Waals surface area contributed by atoms with Crippen LogP contribution in [0.1, 0.15) is 18.2 Å². The van der Waals surface area contributed by atoms with Gasteiger partial charge in [-0.1, -0.05) is 35.3 Å². The van der Waals surface area contributed by atoms with Crippen molar-refractivity contribution >= 4 is 35.2 Å². The molecule has 3 rings (SSSR count). The molecule has 0 unspecified atom stereocenters. The molecule has 1 aromatic heterocycles. The molecule has 0 aliphatic carbocycles. The number of ether oxygens (including phenoxy) is 3. The standard InChI is InChI=1S/C20H17Cl2NO4/c1-2-25-16-11-13(12-17-18(21)19(22)20(24)27-17)6-7-15(16)26-10-8-14-5-3-4-9-23-14/h3-7,9,11-12H,2,8,10H2,1H3/b17-12-. The van der Waals surface area contributed by atoms with Crippen LogP contribution in [0.4, 0.5) is 0 Å². The number of halogens is 2. The second kappa shape index (κ2) is 8.93. The number of rotatable bonds is 7. The number of hydrogen-bond donors (Lipinski definition) is 0. The highest BCUT2D eigenvalue weighted by Crippen LogP contribution is 2.35. The van der Waals surface area contributed by atoms with Crippen LogP contribution in [0.2, 0.25) is 0 Å². The number of hydrogen-bond acceptors (Lipinski definition) is 5. The van der Waals surface area contributed by atoms with Gasteiger partial charge in [-0.05, 0) is 42.8 Å². The molecule has 1 aromatic carbocycles. The van der Waals surface area contributed by atoms with E-state index in [2.05, 4.69) is 4.98 Å². The Hall–Kier alpha value is -2.50. The largest absolute Gasteiger partial charge is 0.490 e. The maximum atomic E-state index is 11.5. The number of nitrogens with zero attached hydrogens (tertiary/aromatic N) is 1. The second-order valence-electron chi connectivity index (χ2n) is 5.58. The van der Waals surface area contributed by atoms with E-state index in [4.69, 9.17) is 37.4 Å². The molecule has 7 heteroatoms. The molecule has 0 amide bonds. The predicted molar refractivity (Wildman–Crippen MR) is 104 cm³/mol. The predicted octanol–water partition coefficient (Wildman–Crippen LogP) is 4.69. The molecule has 140 valence electrons. The summed E-state index contributed by atoms with van der Waals surface area (Å²) in [5.41, 5.74) is 1.70. The number of allylic oxidation sites excluding steroid dienone is 1. The topological polar surface area (TPSA) is 57.7 Å². The summed E-state index contributed by atoms with van der Waals surface area (Å²) in [4.78, 5) is 15.7. The SMILES string of the molecule is CCOc1cc(/C=C2\OC(=O)C(Cl)=C2Cl)ccc1OCCc1ccccn1. The first-order valence-corrected chi connectivity index (χ1v) is 9.13. The Labute approximate surface area is 167 Å². The van der Waals surface area contributed by atoms with Crippen molar-refractivity contribution in [1.82, 2.24) is 4.98 Å². The van der Waals surface area contributed by atoms with E-state index in [9.17, 15) is 4.79 Å². The van der Waals surface area contributed by atoms with Gasteiger partial charge in [-0.15, -0.1) is 0 Å². The number of esters is 1. The molecular weight excluding hydrogens is 389 g/mol.